The van der Waals surface area contributed by atoms with Crippen molar-refractivity contribution in [2.45, 2.75) is 0 Å². The molecule has 0 radical (unpaired) electrons. The Morgan fingerprint density at radius 3 is 2.83 bits per heavy atom. The Kier molecular flexibility index (Phi) is 4.07. The standard InChI is InChI=1S/C17H14N4O3/c1-21-13-7-3-2-6-12(13)15(22)14(17(21)24)16(23)20-19-10-11-5-4-8-18-9-11/h2-10,22H,1H3,(H,20,23)/b19-10-. The zero-order valence-electron chi connectivity index (χ0n) is 12.8. The molecule has 3 rings (SSSR count). The molecule has 0 bridgehead atoms. The maximum absolute atomic E-state index is 12.4. The molecule has 0 saturated carbocycles. The molecule has 2 N–H and O–H groups in total. The number of nitrogens with one attached hydrogen (secondary N) is 1. The summed E-state index contributed by atoms with van der Waals surface area (Å²) in [6, 6.07) is 10.3. The van der Waals surface area contributed by atoms with Gasteiger partial charge in [0.05, 0.1) is 11.7 Å². The highest BCUT2D eigenvalue weighted by Gasteiger charge is 2.20. The van der Waals surface area contributed by atoms with Crippen LogP contribution < -0.4 is 11.0 Å². The Balaban J connectivity index is 1.96. The van der Waals surface area contributed by atoms with Gasteiger partial charge in [-0.3, -0.25) is 14.6 Å². The summed E-state index contributed by atoms with van der Waals surface area (Å²) < 4.78 is 1.31. The monoisotopic (exact) mass is 322 g/mol. The third-order valence-corrected chi connectivity index (χ3v) is 3.57. The van der Waals surface area contributed by atoms with Crippen molar-refractivity contribution in [3.63, 3.8) is 0 Å². The molecule has 2 aromatic heterocycles. The van der Waals surface area contributed by atoms with E-state index in [1.807, 2.05) is 0 Å². The molecule has 3 aromatic rings. The molecule has 0 aliphatic carbocycles. The fraction of sp³-hybridized carbons (Fsp3) is 0.0588. The Morgan fingerprint density at radius 2 is 2.08 bits per heavy atom. The Bertz CT molecular complexity index is 994. The van der Waals surface area contributed by atoms with Crippen molar-refractivity contribution in [1.82, 2.24) is 15.0 Å². The van der Waals surface area contributed by atoms with Crippen molar-refractivity contribution >= 4 is 23.0 Å². The van der Waals surface area contributed by atoms with Gasteiger partial charge >= 0.3 is 0 Å². The minimum absolute atomic E-state index is 0.348. The lowest BCUT2D eigenvalue weighted by molar-refractivity contribution is 0.0950. The van der Waals surface area contributed by atoms with Crippen molar-refractivity contribution in [2.24, 2.45) is 12.1 Å². The molecule has 0 spiro atoms. The topological polar surface area (TPSA) is 96.6 Å². The summed E-state index contributed by atoms with van der Waals surface area (Å²) in [6.45, 7) is 0. The molecular weight excluding hydrogens is 308 g/mol. The van der Waals surface area contributed by atoms with Crippen LogP contribution in [-0.4, -0.2) is 26.8 Å². The highest BCUT2D eigenvalue weighted by molar-refractivity contribution is 6.02. The first-order valence-electron chi connectivity index (χ1n) is 7.13. The van der Waals surface area contributed by atoms with E-state index in [-0.39, 0.29) is 11.3 Å². The number of rotatable bonds is 3. The lowest BCUT2D eigenvalue weighted by atomic mass is 10.1. The van der Waals surface area contributed by atoms with Gasteiger partial charge in [-0.1, -0.05) is 18.2 Å². The number of benzene rings is 1. The van der Waals surface area contributed by atoms with Gasteiger partial charge in [0.2, 0.25) is 0 Å². The van der Waals surface area contributed by atoms with E-state index in [1.54, 1.807) is 55.8 Å². The molecule has 0 aliphatic rings. The molecule has 0 atom stereocenters. The minimum atomic E-state index is -0.779. The highest BCUT2D eigenvalue weighted by atomic mass is 16.3. The second-order valence-electron chi connectivity index (χ2n) is 5.09. The number of amides is 1. The summed E-state index contributed by atoms with van der Waals surface area (Å²) in [6.07, 6.45) is 4.59. The number of hydrogen-bond donors (Lipinski definition) is 2. The number of aromatic nitrogens is 2. The van der Waals surface area contributed by atoms with Crippen LogP contribution in [0.25, 0.3) is 10.9 Å². The van der Waals surface area contributed by atoms with Crippen molar-refractivity contribution in [2.75, 3.05) is 0 Å². The number of aryl methyl sites for hydroxylation is 1. The molecule has 0 fully saturated rings. The van der Waals surface area contributed by atoms with Crippen LogP contribution in [0.4, 0.5) is 0 Å². The molecular formula is C17H14N4O3. The highest BCUT2D eigenvalue weighted by Crippen LogP contribution is 2.25. The van der Waals surface area contributed by atoms with Crippen LogP contribution in [0.1, 0.15) is 15.9 Å². The van der Waals surface area contributed by atoms with E-state index in [0.717, 1.165) is 0 Å². The predicted octanol–water partition coefficient (Wildman–Crippen LogP) is 1.40. The molecule has 1 amide bonds. The molecule has 120 valence electrons. The van der Waals surface area contributed by atoms with Crippen molar-refractivity contribution in [3.8, 4) is 5.75 Å². The van der Waals surface area contributed by atoms with Crippen LogP contribution in [-0.2, 0) is 7.05 Å². The molecule has 24 heavy (non-hydrogen) atoms. The molecule has 0 aliphatic heterocycles. The largest absolute Gasteiger partial charge is 0.506 e. The molecule has 0 unspecified atom stereocenters. The third kappa shape index (κ3) is 2.74. The average Bonchev–Trinajstić information content (AvgIpc) is 2.61. The molecule has 7 nitrogen and oxygen atoms in total. The van der Waals surface area contributed by atoms with E-state index in [1.165, 1.54) is 10.8 Å². The Morgan fingerprint density at radius 1 is 1.29 bits per heavy atom. The first-order chi connectivity index (χ1) is 11.6. The van der Waals surface area contributed by atoms with Gasteiger partial charge in [0, 0.05) is 30.4 Å². The molecule has 7 heteroatoms. The van der Waals surface area contributed by atoms with Crippen LogP contribution in [0.3, 0.4) is 0 Å². The summed E-state index contributed by atoms with van der Waals surface area (Å²) in [5, 5.41) is 14.5. The van der Waals surface area contributed by atoms with Gasteiger partial charge in [-0.25, -0.2) is 5.43 Å². The third-order valence-electron chi connectivity index (χ3n) is 3.57. The average molecular weight is 322 g/mol. The van der Waals surface area contributed by atoms with Crippen molar-refractivity contribution in [1.29, 1.82) is 0 Å². The fourth-order valence-corrected chi connectivity index (χ4v) is 2.36. The van der Waals surface area contributed by atoms with Gasteiger partial charge < -0.3 is 9.67 Å². The normalized spacial score (nSPS) is 11.0. The van der Waals surface area contributed by atoms with E-state index in [2.05, 4.69) is 15.5 Å². The smallest absolute Gasteiger partial charge is 0.280 e. The zero-order chi connectivity index (χ0) is 17.1. The summed E-state index contributed by atoms with van der Waals surface area (Å²) >= 11 is 0. The van der Waals surface area contributed by atoms with Gasteiger partial charge in [0.25, 0.3) is 11.5 Å². The van der Waals surface area contributed by atoms with Crippen LogP contribution >= 0.6 is 0 Å². The minimum Gasteiger partial charge on any atom is -0.506 e. The first kappa shape index (κ1) is 15.4. The lowest BCUT2D eigenvalue weighted by Gasteiger charge is -2.10. The second-order valence-corrected chi connectivity index (χ2v) is 5.09. The molecule has 1 aromatic carbocycles. The van der Waals surface area contributed by atoms with E-state index >= 15 is 0 Å². The van der Waals surface area contributed by atoms with Gasteiger partial charge in [-0.15, -0.1) is 0 Å². The van der Waals surface area contributed by atoms with E-state index in [0.29, 0.717) is 16.5 Å². The summed E-state index contributed by atoms with van der Waals surface area (Å²) in [4.78, 5) is 28.5. The van der Waals surface area contributed by atoms with Crippen LogP contribution in [0, 0.1) is 0 Å². The summed E-state index contributed by atoms with van der Waals surface area (Å²) in [5.41, 5.74) is 2.53. The van der Waals surface area contributed by atoms with Gasteiger partial charge in [-0.05, 0) is 18.2 Å². The number of carbonyl (C=O) groups excluding carboxylic acids is 1. The number of hydrogen-bond acceptors (Lipinski definition) is 5. The van der Waals surface area contributed by atoms with Gasteiger partial charge in [-0.2, -0.15) is 5.10 Å². The number of para-hydroxylation sites is 1. The maximum atomic E-state index is 12.4. The summed E-state index contributed by atoms with van der Waals surface area (Å²) in [7, 11) is 1.54. The molecule has 0 saturated heterocycles. The quantitative estimate of drug-likeness (QED) is 0.563. The van der Waals surface area contributed by atoms with Gasteiger partial charge in [0.15, 0.2) is 0 Å². The van der Waals surface area contributed by atoms with E-state index in [4.69, 9.17) is 0 Å². The van der Waals surface area contributed by atoms with Crippen LogP contribution in [0.5, 0.6) is 5.75 Å². The molecule has 2 heterocycles. The summed E-state index contributed by atoms with van der Waals surface area (Å²) in [5.74, 6) is -1.14. The number of nitrogens with zero attached hydrogens (tertiary/aromatic N) is 3. The lowest BCUT2D eigenvalue weighted by Crippen LogP contribution is -2.30. The first-order valence-corrected chi connectivity index (χ1v) is 7.13. The Hall–Kier alpha value is -3.48. The number of pyridine rings is 2. The second kappa shape index (κ2) is 6.33. The number of fused-ring (bicyclic) bond motifs is 1. The van der Waals surface area contributed by atoms with E-state index in [9.17, 15) is 14.7 Å². The number of hydrazone groups is 1. The fourth-order valence-electron chi connectivity index (χ4n) is 2.36. The van der Waals surface area contributed by atoms with Crippen LogP contribution in [0.15, 0.2) is 58.7 Å². The SMILES string of the molecule is Cn1c(=O)c(C(=O)N/N=C\c2cccnc2)c(O)c2ccccc21. The Labute approximate surface area is 136 Å². The predicted molar refractivity (Wildman–Crippen MR) is 90.2 cm³/mol. The van der Waals surface area contributed by atoms with Crippen molar-refractivity contribution in [3.05, 3.63) is 70.3 Å². The zero-order valence-corrected chi connectivity index (χ0v) is 12.8. The van der Waals surface area contributed by atoms with E-state index < -0.39 is 11.5 Å². The number of carbonyl (C=O) groups is 1. The van der Waals surface area contributed by atoms with Gasteiger partial charge in [0.1, 0.15) is 11.3 Å². The van der Waals surface area contributed by atoms with Crippen molar-refractivity contribution < 1.29 is 9.90 Å². The maximum Gasteiger partial charge on any atom is 0.280 e. The number of aromatic hydroxyl groups is 1. The van der Waals surface area contributed by atoms with Crippen LogP contribution in [0.2, 0.25) is 0 Å².